The van der Waals surface area contributed by atoms with E-state index in [0.717, 1.165) is 17.4 Å². The molecule has 0 saturated carbocycles. The molecular weight excluding hydrogens is 456 g/mol. The number of anilines is 1. The minimum absolute atomic E-state index is 0.0324. The lowest BCUT2D eigenvalue weighted by Crippen LogP contribution is -2.41. The molecule has 0 heterocycles. The average molecular weight is 498 g/mol. The molecule has 0 bridgehead atoms. The van der Waals surface area contributed by atoms with Gasteiger partial charge in [0.2, 0.25) is 11.8 Å². The Hall–Kier alpha value is -1.76. The van der Waals surface area contributed by atoms with Crippen molar-refractivity contribution in [2.75, 3.05) is 4.90 Å². The monoisotopic (exact) mass is 497 g/mol. The Morgan fingerprint density at radius 2 is 1.15 bits per heavy atom. The lowest BCUT2D eigenvalue weighted by molar-refractivity contribution is -0.128. The van der Waals surface area contributed by atoms with Crippen LogP contribution >= 0.6 is 11.8 Å². The van der Waals surface area contributed by atoms with E-state index in [0.29, 0.717) is 30.7 Å². The molecule has 192 valence electrons. The van der Waals surface area contributed by atoms with E-state index in [4.69, 9.17) is 0 Å². The van der Waals surface area contributed by atoms with Gasteiger partial charge >= 0.3 is 0 Å². The molecule has 0 aliphatic heterocycles. The van der Waals surface area contributed by atoms with Crippen molar-refractivity contribution >= 4 is 34.4 Å². The zero-order valence-corrected chi connectivity index (χ0v) is 23.0. The zero-order chi connectivity index (χ0) is 26.5. The second kappa shape index (κ2) is 11.8. The first-order valence-electron chi connectivity index (χ1n) is 12.0. The molecule has 0 unspecified atom stereocenters. The van der Waals surface area contributed by atoms with Crippen LogP contribution < -0.4 is 4.90 Å². The maximum absolute atomic E-state index is 15.0. The van der Waals surface area contributed by atoms with Gasteiger partial charge in [0.05, 0.1) is 10.6 Å². The van der Waals surface area contributed by atoms with Crippen LogP contribution in [-0.4, -0.2) is 16.9 Å². The Bertz CT molecular complexity index is 879. The van der Waals surface area contributed by atoms with Crippen molar-refractivity contribution in [2.45, 2.75) is 106 Å². The van der Waals surface area contributed by atoms with Gasteiger partial charge in [0.15, 0.2) is 5.12 Å². The van der Waals surface area contributed by atoms with E-state index in [1.54, 1.807) is 0 Å². The number of carbonyl (C=O) groups excluding carboxylic acids is 3. The summed E-state index contributed by atoms with van der Waals surface area (Å²) in [6.45, 7) is 17.4. The minimum atomic E-state index is -1.01. The van der Waals surface area contributed by atoms with Crippen molar-refractivity contribution < 1.29 is 23.2 Å². The fourth-order valence-corrected chi connectivity index (χ4v) is 4.11. The largest absolute Gasteiger partial charge is 0.287 e. The van der Waals surface area contributed by atoms with E-state index < -0.39 is 34.3 Å². The SMILES string of the molecule is CCC(C)(C)CC(=O)Sc1cc(N(C(=O)CC(C)(C)CC)C(=O)CC(C)(C)CC)c(F)cc1F. The quantitative estimate of drug-likeness (QED) is 0.291. The molecule has 0 saturated heterocycles. The van der Waals surface area contributed by atoms with Gasteiger partial charge in [-0.05, 0) is 34.1 Å². The Balaban J connectivity index is 3.47. The number of hydrogen-bond acceptors (Lipinski definition) is 4. The van der Waals surface area contributed by atoms with Gasteiger partial charge in [-0.3, -0.25) is 14.4 Å². The fraction of sp³-hybridized carbons (Fsp3) is 0.667. The van der Waals surface area contributed by atoms with Crippen molar-refractivity contribution in [3.63, 3.8) is 0 Å². The molecule has 0 spiro atoms. The number of benzene rings is 1. The fourth-order valence-electron chi connectivity index (χ4n) is 3.08. The maximum Gasteiger partial charge on any atom is 0.234 e. The highest BCUT2D eigenvalue weighted by molar-refractivity contribution is 8.13. The number of carbonyl (C=O) groups is 3. The molecule has 0 atom stereocenters. The average Bonchev–Trinajstić information content (AvgIpc) is 2.70. The Kier molecular flexibility index (Phi) is 10.5. The summed E-state index contributed by atoms with van der Waals surface area (Å²) in [6, 6.07) is 1.78. The molecule has 34 heavy (non-hydrogen) atoms. The molecular formula is C27H41F2NO3S. The van der Waals surface area contributed by atoms with Gasteiger partial charge in [0, 0.05) is 25.3 Å². The summed E-state index contributed by atoms with van der Waals surface area (Å²) >= 11 is 0.682. The third-order valence-electron chi connectivity index (χ3n) is 6.72. The highest BCUT2D eigenvalue weighted by Gasteiger charge is 2.34. The Labute approximate surface area is 208 Å². The van der Waals surface area contributed by atoms with E-state index in [9.17, 15) is 18.8 Å². The molecule has 0 aromatic heterocycles. The normalized spacial score (nSPS) is 12.6. The molecule has 1 rings (SSSR count). The standard InChI is InChI=1S/C27H41F2NO3S/c1-10-25(4,5)15-22(31)30(23(32)16-26(6,7)11-2)20-14-21(19(29)13-18(20)28)34-24(33)17-27(8,9)12-3/h13-14H,10-12,15-17H2,1-9H3. The van der Waals surface area contributed by atoms with Gasteiger partial charge < -0.3 is 0 Å². The highest BCUT2D eigenvalue weighted by atomic mass is 32.2. The molecule has 0 aliphatic rings. The summed E-state index contributed by atoms with van der Waals surface area (Å²) in [5.41, 5.74) is -1.35. The predicted octanol–water partition coefficient (Wildman–Crippen LogP) is 7.92. The number of nitrogens with zero attached hydrogens (tertiary/aromatic N) is 1. The van der Waals surface area contributed by atoms with E-state index in [1.807, 2.05) is 62.3 Å². The van der Waals surface area contributed by atoms with Gasteiger partial charge in [-0.1, -0.05) is 81.6 Å². The third-order valence-corrected chi connectivity index (χ3v) is 7.62. The van der Waals surface area contributed by atoms with Crippen molar-refractivity contribution in [1.82, 2.24) is 0 Å². The summed E-state index contributed by atoms with van der Waals surface area (Å²) in [6.07, 6.45) is 2.44. The second-order valence-corrected chi connectivity index (χ2v) is 12.5. The number of thioether (sulfide) groups is 1. The lowest BCUT2D eigenvalue weighted by Gasteiger charge is -2.30. The van der Waals surface area contributed by atoms with Crippen LogP contribution in [0.1, 0.15) is 101 Å². The molecule has 2 amide bonds. The summed E-state index contributed by atoms with van der Waals surface area (Å²) in [4.78, 5) is 39.9. The van der Waals surface area contributed by atoms with E-state index >= 15 is 4.39 Å². The molecule has 4 nitrogen and oxygen atoms in total. The van der Waals surface area contributed by atoms with E-state index in [1.165, 1.54) is 0 Å². The summed E-state index contributed by atoms with van der Waals surface area (Å²) in [5, 5.41) is -0.258. The molecule has 0 fully saturated rings. The summed E-state index contributed by atoms with van der Waals surface area (Å²) < 4.78 is 29.6. The molecule has 7 heteroatoms. The topological polar surface area (TPSA) is 54.5 Å². The van der Waals surface area contributed by atoms with Gasteiger partial charge in [-0.2, -0.15) is 0 Å². The van der Waals surface area contributed by atoms with Crippen molar-refractivity contribution in [3.05, 3.63) is 23.8 Å². The molecule has 1 aromatic carbocycles. The van der Waals surface area contributed by atoms with Crippen LogP contribution in [-0.2, 0) is 14.4 Å². The molecule has 1 aromatic rings. The number of amides is 2. The first kappa shape index (κ1) is 30.3. The van der Waals surface area contributed by atoms with Crippen molar-refractivity contribution in [1.29, 1.82) is 0 Å². The minimum Gasteiger partial charge on any atom is -0.287 e. The smallest absolute Gasteiger partial charge is 0.234 e. The maximum atomic E-state index is 15.0. The van der Waals surface area contributed by atoms with Gasteiger partial charge in [0.1, 0.15) is 11.6 Å². The van der Waals surface area contributed by atoms with Gasteiger partial charge in [0.25, 0.3) is 0 Å². The Morgan fingerprint density at radius 1 is 0.735 bits per heavy atom. The van der Waals surface area contributed by atoms with Crippen LogP contribution in [0.2, 0.25) is 0 Å². The first-order valence-corrected chi connectivity index (χ1v) is 12.8. The van der Waals surface area contributed by atoms with Gasteiger partial charge in [-0.15, -0.1) is 0 Å². The van der Waals surface area contributed by atoms with E-state index in [2.05, 4.69) is 0 Å². The van der Waals surface area contributed by atoms with Gasteiger partial charge in [-0.25, -0.2) is 13.7 Å². The first-order chi connectivity index (χ1) is 15.5. The van der Waals surface area contributed by atoms with Crippen LogP contribution in [0.5, 0.6) is 0 Å². The molecule has 0 radical (unpaired) electrons. The van der Waals surface area contributed by atoms with Crippen molar-refractivity contribution in [2.24, 2.45) is 16.2 Å². The van der Waals surface area contributed by atoms with Crippen LogP contribution in [0.15, 0.2) is 17.0 Å². The lowest BCUT2D eigenvalue weighted by atomic mass is 9.84. The van der Waals surface area contributed by atoms with Crippen LogP contribution in [0.4, 0.5) is 14.5 Å². The summed E-state index contributed by atoms with van der Waals surface area (Å²) in [7, 11) is 0. The molecule has 0 aliphatic carbocycles. The molecule has 0 N–H and O–H groups in total. The second-order valence-electron chi connectivity index (χ2n) is 11.4. The van der Waals surface area contributed by atoms with Crippen LogP contribution in [0.3, 0.4) is 0 Å². The van der Waals surface area contributed by atoms with Crippen molar-refractivity contribution in [3.8, 4) is 0 Å². The van der Waals surface area contributed by atoms with Crippen LogP contribution in [0.25, 0.3) is 0 Å². The van der Waals surface area contributed by atoms with E-state index in [-0.39, 0.29) is 40.4 Å². The zero-order valence-electron chi connectivity index (χ0n) is 22.2. The number of rotatable bonds is 11. The third kappa shape index (κ3) is 8.79. The van der Waals surface area contributed by atoms with Crippen LogP contribution in [0, 0.1) is 27.9 Å². The number of halogens is 2. The number of imide groups is 1. The predicted molar refractivity (Wildman–Crippen MR) is 136 cm³/mol. The number of hydrogen-bond donors (Lipinski definition) is 0. The summed E-state index contributed by atoms with van der Waals surface area (Å²) in [5.74, 6) is -2.97. The Morgan fingerprint density at radius 3 is 1.56 bits per heavy atom. The highest BCUT2D eigenvalue weighted by Crippen LogP contribution is 2.36.